The second-order valence-corrected chi connectivity index (χ2v) is 4.80. The van der Waals surface area contributed by atoms with Crippen molar-refractivity contribution in [1.82, 2.24) is 10.6 Å². The molecule has 1 amide bonds. The number of amides is 1. The topological polar surface area (TPSA) is 61.4 Å². The molecule has 0 aromatic carbocycles. The van der Waals surface area contributed by atoms with Gasteiger partial charge < -0.3 is 10.4 Å². The van der Waals surface area contributed by atoms with E-state index >= 15 is 0 Å². The highest BCUT2D eigenvalue weighted by Crippen LogP contribution is 2.34. The molecule has 4 nitrogen and oxygen atoms in total. The van der Waals surface area contributed by atoms with Crippen LogP contribution in [0.5, 0.6) is 0 Å². The van der Waals surface area contributed by atoms with E-state index in [-0.39, 0.29) is 24.1 Å². The van der Waals surface area contributed by atoms with Crippen LogP contribution in [-0.4, -0.2) is 35.7 Å². The van der Waals surface area contributed by atoms with Gasteiger partial charge in [-0.2, -0.15) is 0 Å². The molecule has 1 atom stereocenters. The highest BCUT2D eigenvalue weighted by molar-refractivity contribution is 5.81. The van der Waals surface area contributed by atoms with Gasteiger partial charge in [0.15, 0.2) is 0 Å². The number of rotatable bonds is 8. The average Bonchev–Trinajstić information content (AvgIpc) is 3.04. The number of aliphatic hydroxyl groups is 1. The fraction of sp³-hybridized carbons (Fsp3) is 0.917. The first-order chi connectivity index (χ1) is 7.63. The Kier molecular flexibility index (Phi) is 5.22. The molecule has 0 bridgehead atoms. The summed E-state index contributed by atoms with van der Waals surface area (Å²) in [6, 6.07) is -0.212. The van der Waals surface area contributed by atoms with Crippen molar-refractivity contribution in [3.8, 4) is 0 Å². The largest absolute Gasteiger partial charge is 0.394 e. The number of unbranched alkanes of at least 4 members (excludes halogenated alkanes) is 2. The molecule has 1 saturated carbocycles. The van der Waals surface area contributed by atoms with Crippen molar-refractivity contribution in [3.05, 3.63) is 0 Å². The van der Waals surface area contributed by atoms with Crippen molar-refractivity contribution in [2.24, 2.45) is 0 Å². The lowest BCUT2D eigenvalue weighted by molar-refractivity contribution is -0.123. The molecule has 1 aliphatic rings. The Morgan fingerprint density at radius 1 is 1.44 bits per heavy atom. The number of carbonyl (C=O) groups excluding carboxylic acids is 1. The molecule has 1 unspecified atom stereocenters. The average molecular weight is 228 g/mol. The molecular formula is C12H24N2O2. The summed E-state index contributed by atoms with van der Waals surface area (Å²) in [5, 5.41) is 15.2. The summed E-state index contributed by atoms with van der Waals surface area (Å²) in [7, 11) is 0. The van der Waals surface area contributed by atoms with E-state index in [1.54, 1.807) is 0 Å². The Bertz CT molecular complexity index is 227. The van der Waals surface area contributed by atoms with E-state index in [4.69, 9.17) is 5.11 Å². The maximum atomic E-state index is 11.7. The summed E-state index contributed by atoms with van der Waals surface area (Å²) in [6.07, 6.45) is 5.30. The molecule has 1 aliphatic carbocycles. The molecule has 1 fully saturated rings. The molecule has 4 heteroatoms. The van der Waals surface area contributed by atoms with Crippen molar-refractivity contribution < 1.29 is 9.90 Å². The summed E-state index contributed by atoms with van der Waals surface area (Å²) in [6.45, 7) is 4.88. The SMILES string of the molecule is CCCCCNC(=O)C(C)NC1(CO)CC1. The Morgan fingerprint density at radius 2 is 2.12 bits per heavy atom. The lowest BCUT2D eigenvalue weighted by Crippen LogP contribution is -2.49. The summed E-state index contributed by atoms with van der Waals surface area (Å²) < 4.78 is 0. The van der Waals surface area contributed by atoms with Crippen LogP contribution in [-0.2, 0) is 4.79 Å². The van der Waals surface area contributed by atoms with Gasteiger partial charge in [0.25, 0.3) is 0 Å². The molecule has 0 heterocycles. The number of nitrogens with one attached hydrogen (secondary N) is 2. The first-order valence-corrected chi connectivity index (χ1v) is 6.30. The minimum atomic E-state index is -0.212. The van der Waals surface area contributed by atoms with Gasteiger partial charge in [0, 0.05) is 12.1 Å². The first kappa shape index (κ1) is 13.5. The zero-order valence-corrected chi connectivity index (χ0v) is 10.4. The maximum Gasteiger partial charge on any atom is 0.236 e. The second kappa shape index (κ2) is 6.21. The summed E-state index contributed by atoms with van der Waals surface area (Å²) in [4.78, 5) is 11.7. The fourth-order valence-corrected chi connectivity index (χ4v) is 1.76. The molecule has 16 heavy (non-hydrogen) atoms. The number of hydrogen-bond donors (Lipinski definition) is 3. The van der Waals surface area contributed by atoms with Crippen LogP contribution in [0.25, 0.3) is 0 Å². The van der Waals surface area contributed by atoms with Gasteiger partial charge in [-0.15, -0.1) is 0 Å². The van der Waals surface area contributed by atoms with Crippen LogP contribution >= 0.6 is 0 Å². The zero-order chi connectivity index (χ0) is 12.0. The van der Waals surface area contributed by atoms with Gasteiger partial charge in [-0.1, -0.05) is 19.8 Å². The van der Waals surface area contributed by atoms with Gasteiger partial charge in [0.05, 0.1) is 12.6 Å². The van der Waals surface area contributed by atoms with E-state index in [1.807, 2.05) is 6.92 Å². The standard InChI is InChI=1S/C12H24N2O2/c1-3-4-5-8-13-11(16)10(2)14-12(9-15)6-7-12/h10,14-15H,3-9H2,1-2H3,(H,13,16). The highest BCUT2D eigenvalue weighted by atomic mass is 16.3. The molecule has 3 N–H and O–H groups in total. The van der Waals surface area contributed by atoms with E-state index in [2.05, 4.69) is 17.6 Å². The molecule has 94 valence electrons. The monoisotopic (exact) mass is 228 g/mol. The van der Waals surface area contributed by atoms with E-state index < -0.39 is 0 Å². The third kappa shape index (κ3) is 4.10. The second-order valence-electron chi connectivity index (χ2n) is 4.80. The Morgan fingerprint density at radius 3 is 2.62 bits per heavy atom. The molecule has 0 saturated heterocycles. The minimum Gasteiger partial charge on any atom is -0.394 e. The summed E-state index contributed by atoms with van der Waals surface area (Å²) in [5.41, 5.74) is -0.166. The lowest BCUT2D eigenvalue weighted by Gasteiger charge is -2.20. The van der Waals surface area contributed by atoms with Crippen LogP contribution in [0.3, 0.4) is 0 Å². The normalized spacial score (nSPS) is 19.2. The van der Waals surface area contributed by atoms with E-state index in [0.717, 1.165) is 38.6 Å². The quantitative estimate of drug-likeness (QED) is 0.538. The van der Waals surface area contributed by atoms with Crippen LogP contribution in [0, 0.1) is 0 Å². The highest BCUT2D eigenvalue weighted by Gasteiger charge is 2.43. The molecule has 0 aromatic heterocycles. The predicted octanol–water partition coefficient (Wildman–Crippen LogP) is 0.796. The molecule has 0 spiro atoms. The number of aliphatic hydroxyl groups excluding tert-OH is 1. The van der Waals surface area contributed by atoms with Crippen LogP contribution in [0.4, 0.5) is 0 Å². The van der Waals surface area contributed by atoms with Gasteiger partial charge in [0.2, 0.25) is 5.91 Å². The van der Waals surface area contributed by atoms with E-state index in [1.165, 1.54) is 0 Å². The summed E-state index contributed by atoms with van der Waals surface area (Å²) in [5.74, 6) is 0.0378. The van der Waals surface area contributed by atoms with Crippen LogP contribution in [0.15, 0.2) is 0 Å². The van der Waals surface area contributed by atoms with Gasteiger partial charge >= 0.3 is 0 Å². The number of hydrogen-bond acceptors (Lipinski definition) is 3. The van der Waals surface area contributed by atoms with Crippen LogP contribution in [0.1, 0.15) is 46.0 Å². The third-order valence-corrected chi connectivity index (χ3v) is 3.15. The summed E-state index contributed by atoms with van der Waals surface area (Å²) >= 11 is 0. The Labute approximate surface area is 97.8 Å². The van der Waals surface area contributed by atoms with Crippen molar-refractivity contribution in [2.75, 3.05) is 13.2 Å². The van der Waals surface area contributed by atoms with Gasteiger partial charge in [-0.25, -0.2) is 0 Å². The molecule has 0 radical (unpaired) electrons. The zero-order valence-electron chi connectivity index (χ0n) is 10.4. The maximum absolute atomic E-state index is 11.7. The van der Waals surface area contributed by atoms with Crippen LogP contribution < -0.4 is 10.6 Å². The van der Waals surface area contributed by atoms with Crippen LogP contribution in [0.2, 0.25) is 0 Å². The van der Waals surface area contributed by atoms with Gasteiger partial charge in [-0.3, -0.25) is 10.1 Å². The Hall–Kier alpha value is -0.610. The van der Waals surface area contributed by atoms with Gasteiger partial charge in [0.1, 0.15) is 0 Å². The van der Waals surface area contributed by atoms with E-state index in [0.29, 0.717) is 0 Å². The fourth-order valence-electron chi connectivity index (χ4n) is 1.76. The Balaban J connectivity index is 2.15. The van der Waals surface area contributed by atoms with Crippen molar-refractivity contribution >= 4 is 5.91 Å². The van der Waals surface area contributed by atoms with E-state index in [9.17, 15) is 4.79 Å². The number of carbonyl (C=O) groups is 1. The minimum absolute atomic E-state index is 0.0378. The lowest BCUT2D eigenvalue weighted by atomic mass is 10.2. The third-order valence-electron chi connectivity index (χ3n) is 3.15. The molecular weight excluding hydrogens is 204 g/mol. The molecule has 1 rings (SSSR count). The van der Waals surface area contributed by atoms with Crippen molar-refractivity contribution in [1.29, 1.82) is 0 Å². The van der Waals surface area contributed by atoms with Gasteiger partial charge in [-0.05, 0) is 26.2 Å². The van der Waals surface area contributed by atoms with Crippen molar-refractivity contribution in [2.45, 2.75) is 57.5 Å². The van der Waals surface area contributed by atoms with Crippen molar-refractivity contribution in [3.63, 3.8) is 0 Å². The first-order valence-electron chi connectivity index (χ1n) is 6.30. The molecule has 0 aromatic rings. The molecule has 0 aliphatic heterocycles. The predicted molar refractivity (Wildman–Crippen MR) is 64.2 cm³/mol. The smallest absolute Gasteiger partial charge is 0.236 e.